The zero-order valence-corrected chi connectivity index (χ0v) is 12.5. The number of hydrogen-bond donors (Lipinski definition) is 1. The van der Waals surface area contributed by atoms with Crippen LogP contribution in [0.5, 0.6) is 11.5 Å². The minimum atomic E-state index is -3.96. The molecule has 0 saturated carbocycles. The molecule has 2 amide bonds. The third kappa shape index (κ3) is 3.85. The topological polar surface area (TPSA) is 98.8 Å². The number of ether oxygens (including phenoxy) is 2. The normalized spacial score (nSPS) is 19.0. The van der Waals surface area contributed by atoms with Crippen molar-refractivity contribution in [3.05, 3.63) is 18.2 Å². The summed E-state index contributed by atoms with van der Waals surface area (Å²) in [6.07, 6.45) is -0.507. The Hall–Kier alpha value is -1.80. The fourth-order valence-corrected chi connectivity index (χ4v) is 2.60. The lowest BCUT2D eigenvalue weighted by molar-refractivity contribution is -0.138. The maximum absolute atomic E-state index is 11.6. The number of carbonyl (C=O) groups excluding carboxylic acids is 2. The molecule has 1 atom stereocenters. The van der Waals surface area contributed by atoms with E-state index in [1.807, 2.05) is 0 Å². The van der Waals surface area contributed by atoms with Crippen molar-refractivity contribution in [2.45, 2.75) is 23.8 Å². The van der Waals surface area contributed by atoms with Crippen LogP contribution in [0, 0.1) is 0 Å². The van der Waals surface area contributed by atoms with Crippen LogP contribution in [0.1, 0.15) is 12.8 Å². The highest BCUT2D eigenvalue weighted by Gasteiger charge is 2.28. The second-order valence-electron chi connectivity index (χ2n) is 4.34. The lowest BCUT2D eigenvalue weighted by Gasteiger charge is -2.22. The van der Waals surface area contributed by atoms with E-state index in [9.17, 15) is 18.0 Å². The van der Waals surface area contributed by atoms with Crippen molar-refractivity contribution in [3.63, 3.8) is 0 Å². The molecule has 1 N–H and O–H groups in total. The number of hydrogen-bond acceptors (Lipinski definition) is 6. The summed E-state index contributed by atoms with van der Waals surface area (Å²) in [4.78, 5) is 22.5. The van der Waals surface area contributed by atoms with E-state index in [0.29, 0.717) is 0 Å². The van der Waals surface area contributed by atoms with E-state index in [1.54, 1.807) is 0 Å². The molecule has 114 valence electrons. The molecule has 1 heterocycles. The molecular weight excluding hydrogens is 322 g/mol. The van der Waals surface area contributed by atoms with Crippen LogP contribution in [-0.4, -0.2) is 33.4 Å². The Morgan fingerprint density at radius 3 is 2.48 bits per heavy atom. The Morgan fingerprint density at radius 1 is 1.24 bits per heavy atom. The van der Waals surface area contributed by atoms with Gasteiger partial charge in [0.2, 0.25) is 5.91 Å². The average Bonchev–Trinajstić information content (AvgIpc) is 2.40. The summed E-state index contributed by atoms with van der Waals surface area (Å²) in [7, 11) is 2.68. The monoisotopic (exact) mass is 333 g/mol. The van der Waals surface area contributed by atoms with Crippen LogP contribution in [0.15, 0.2) is 23.1 Å². The van der Waals surface area contributed by atoms with Gasteiger partial charge in [-0.25, -0.2) is 8.42 Å². The smallest absolute Gasteiger partial charge is 0.267 e. The molecule has 1 saturated heterocycles. The first kappa shape index (κ1) is 15.6. The number of carbonyl (C=O) groups is 2. The maximum Gasteiger partial charge on any atom is 0.267 e. The molecular formula is C12H12ClNO6S. The van der Waals surface area contributed by atoms with Gasteiger partial charge < -0.3 is 9.47 Å². The van der Waals surface area contributed by atoms with Crippen LogP contribution >= 0.6 is 10.7 Å². The van der Waals surface area contributed by atoms with Gasteiger partial charge in [0.1, 0.15) is 11.5 Å². The Kier molecular flexibility index (Phi) is 4.38. The molecule has 7 nitrogen and oxygen atoms in total. The van der Waals surface area contributed by atoms with Gasteiger partial charge in [-0.2, -0.15) is 0 Å². The number of rotatable bonds is 4. The van der Waals surface area contributed by atoms with E-state index in [0.717, 1.165) is 0 Å². The van der Waals surface area contributed by atoms with Crippen molar-refractivity contribution < 1.29 is 27.5 Å². The first-order valence-electron chi connectivity index (χ1n) is 5.93. The second-order valence-corrected chi connectivity index (χ2v) is 6.91. The number of imide groups is 1. The van der Waals surface area contributed by atoms with Gasteiger partial charge in [-0.1, -0.05) is 0 Å². The van der Waals surface area contributed by atoms with Gasteiger partial charge in [0, 0.05) is 41.7 Å². The van der Waals surface area contributed by atoms with Gasteiger partial charge in [-0.15, -0.1) is 0 Å². The van der Waals surface area contributed by atoms with Crippen molar-refractivity contribution in [2.75, 3.05) is 7.11 Å². The summed E-state index contributed by atoms with van der Waals surface area (Å²) in [6, 6.07) is 3.85. The summed E-state index contributed by atoms with van der Waals surface area (Å²) in [5, 5.41) is 2.14. The molecule has 2 rings (SSSR count). The average molecular weight is 334 g/mol. The van der Waals surface area contributed by atoms with Crippen molar-refractivity contribution in [2.24, 2.45) is 0 Å². The van der Waals surface area contributed by atoms with E-state index in [4.69, 9.17) is 20.2 Å². The SMILES string of the molecule is COc1cc(OC2CCC(=O)NC2=O)cc(S(=O)(=O)Cl)c1. The highest BCUT2D eigenvalue weighted by Crippen LogP contribution is 2.29. The van der Waals surface area contributed by atoms with Crippen LogP contribution in [-0.2, 0) is 18.6 Å². The summed E-state index contributed by atoms with van der Waals surface area (Å²) in [5.74, 6) is -0.596. The third-order valence-corrected chi connectivity index (χ3v) is 4.17. The van der Waals surface area contributed by atoms with Crippen LogP contribution < -0.4 is 14.8 Å². The minimum Gasteiger partial charge on any atom is -0.497 e. The first-order valence-corrected chi connectivity index (χ1v) is 8.24. The number of piperidine rings is 1. The Balaban J connectivity index is 2.27. The molecule has 0 spiro atoms. The van der Waals surface area contributed by atoms with Gasteiger partial charge in [-0.3, -0.25) is 14.9 Å². The zero-order valence-electron chi connectivity index (χ0n) is 11.0. The number of nitrogens with one attached hydrogen (secondary N) is 1. The fourth-order valence-electron chi connectivity index (χ4n) is 1.82. The van der Waals surface area contributed by atoms with Gasteiger partial charge in [0.25, 0.3) is 15.0 Å². The van der Waals surface area contributed by atoms with Gasteiger partial charge >= 0.3 is 0 Å². The van der Waals surface area contributed by atoms with E-state index < -0.39 is 21.1 Å². The Bertz CT molecular complexity index is 687. The number of halogens is 1. The lowest BCUT2D eigenvalue weighted by Crippen LogP contribution is -2.46. The van der Waals surface area contributed by atoms with Crippen LogP contribution in [0.2, 0.25) is 0 Å². The van der Waals surface area contributed by atoms with Crippen LogP contribution in [0.4, 0.5) is 0 Å². The first-order chi connectivity index (χ1) is 9.79. The molecule has 0 aliphatic carbocycles. The molecule has 1 aromatic carbocycles. The van der Waals surface area contributed by atoms with Crippen molar-refractivity contribution in [3.8, 4) is 11.5 Å². The Morgan fingerprint density at radius 2 is 1.90 bits per heavy atom. The van der Waals surface area contributed by atoms with Crippen LogP contribution in [0.3, 0.4) is 0 Å². The standard InChI is InChI=1S/C12H12ClNO6S/c1-19-7-4-8(6-9(5-7)21(13,17)18)20-10-2-3-11(15)14-12(10)16/h4-6,10H,2-3H2,1H3,(H,14,15,16). The van der Waals surface area contributed by atoms with Gasteiger partial charge in [0.05, 0.1) is 12.0 Å². The molecule has 1 unspecified atom stereocenters. The summed E-state index contributed by atoms with van der Waals surface area (Å²) < 4.78 is 33.2. The number of methoxy groups -OCH3 is 1. The summed E-state index contributed by atoms with van der Waals surface area (Å²) in [6.45, 7) is 0. The van der Waals surface area contributed by atoms with E-state index in [1.165, 1.54) is 25.3 Å². The highest BCUT2D eigenvalue weighted by molar-refractivity contribution is 8.13. The highest BCUT2D eigenvalue weighted by atomic mass is 35.7. The molecule has 0 aromatic heterocycles. The molecule has 0 bridgehead atoms. The third-order valence-electron chi connectivity index (χ3n) is 2.84. The second kappa shape index (κ2) is 5.90. The largest absolute Gasteiger partial charge is 0.497 e. The fraction of sp³-hybridized carbons (Fsp3) is 0.333. The molecule has 9 heteroatoms. The van der Waals surface area contributed by atoms with E-state index >= 15 is 0 Å². The maximum atomic E-state index is 11.6. The van der Waals surface area contributed by atoms with E-state index in [2.05, 4.69) is 5.32 Å². The minimum absolute atomic E-state index is 0.114. The molecule has 1 fully saturated rings. The summed E-state index contributed by atoms with van der Waals surface area (Å²) in [5.41, 5.74) is 0. The van der Waals surface area contributed by atoms with Gasteiger partial charge in [-0.05, 0) is 0 Å². The lowest BCUT2D eigenvalue weighted by atomic mass is 10.1. The summed E-state index contributed by atoms with van der Waals surface area (Å²) >= 11 is 0. The molecule has 0 radical (unpaired) electrons. The predicted octanol–water partition coefficient (Wildman–Crippen LogP) is 0.807. The van der Waals surface area contributed by atoms with Crippen molar-refractivity contribution in [1.82, 2.24) is 5.32 Å². The molecule has 1 aliphatic rings. The van der Waals surface area contributed by atoms with Gasteiger partial charge in [0.15, 0.2) is 6.10 Å². The van der Waals surface area contributed by atoms with E-state index in [-0.39, 0.29) is 35.1 Å². The quantitative estimate of drug-likeness (QED) is 0.646. The Labute approximate surface area is 125 Å². The molecule has 1 aromatic rings. The zero-order chi connectivity index (χ0) is 15.6. The number of benzene rings is 1. The predicted molar refractivity (Wildman–Crippen MR) is 72.8 cm³/mol. The molecule has 1 aliphatic heterocycles. The van der Waals surface area contributed by atoms with Crippen LogP contribution in [0.25, 0.3) is 0 Å². The number of amides is 2. The van der Waals surface area contributed by atoms with Crippen molar-refractivity contribution in [1.29, 1.82) is 0 Å². The molecule has 21 heavy (non-hydrogen) atoms. The van der Waals surface area contributed by atoms with Crippen molar-refractivity contribution >= 4 is 31.5 Å².